The third-order valence-corrected chi connectivity index (χ3v) is 3.77. The summed E-state index contributed by atoms with van der Waals surface area (Å²) in [5, 5.41) is 3.06. The number of nitrogens with zero attached hydrogens (tertiary/aromatic N) is 1. The van der Waals surface area contributed by atoms with Gasteiger partial charge in [0, 0.05) is 6.54 Å². The van der Waals surface area contributed by atoms with Crippen LogP contribution in [-0.2, 0) is 4.79 Å². The molecule has 1 amide bonds. The van der Waals surface area contributed by atoms with Crippen LogP contribution in [0.25, 0.3) is 0 Å². The molecule has 1 heterocycles. The molecule has 1 unspecified atom stereocenters. The van der Waals surface area contributed by atoms with Gasteiger partial charge in [-0.25, -0.2) is 0 Å². The number of hydrogen-bond acceptors (Lipinski definition) is 3. The second kappa shape index (κ2) is 7.83. The van der Waals surface area contributed by atoms with Crippen molar-refractivity contribution in [2.75, 3.05) is 26.2 Å². The Hall–Kier alpha value is -0.820. The van der Waals surface area contributed by atoms with E-state index in [1.165, 1.54) is 0 Å². The van der Waals surface area contributed by atoms with Crippen molar-refractivity contribution >= 4 is 5.91 Å². The maximum Gasteiger partial charge on any atom is 0.391 e. The van der Waals surface area contributed by atoms with Crippen molar-refractivity contribution in [3.63, 3.8) is 0 Å². The minimum Gasteiger partial charge on any atom is -0.368 e. The highest BCUT2D eigenvalue weighted by molar-refractivity contribution is 5.79. The minimum absolute atomic E-state index is 0.146. The van der Waals surface area contributed by atoms with Crippen LogP contribution in [0.15, 0.2) is 0 Å². The number of nitrogens with two attached hydrogens (primary N) is 1. The van der Waals surface area contributed by atoms with E-state index < -0.39 is 24.0 Å². The summed E-state index contributed by atoms with van der Waals surface area (Å²) >= 11 is 0. The van der Waals surface area contributed by atoms with Gasteiger partial charge in [-0.1, -0.05) is 6.92 Å². The molecule has 1 aliphatic rings. The van der Waals surface area contributed by atoms with E-state index in [9.17, 15) is 18.0 Å². The van der Waals surface area contributed by atoms with Gasteiger partial charge in [0.1, 0.15) is 0 Å². The number of hydrogen-bond donors (Lipinski definition) is 2. The fourth-order valence-corrected chi connectivity index (χ4v) is 2.46. The standard InChI is InChI=1S/C13H24F3N3O/c1-2-6-18-11(12(17)20)5-9-19-7-3-10(4-8-19)13(14,15)16/h10-11,18H,2-9H2,1H3,(H2,17,20). The van der Waals surface area contributed by atoms with Crippen LogP contribution in [0.5, 0.6) is 0 Å². The van der Waals surface area contributed by atoms with Gasteiger partial charge in [0.25, 0.3) is 0 Å². The summed E-state index contributed by atoms with van der Waals surface area (Å²) in [6.45, 7) is 4.18. The number of alkyl halides is 3. The maximum atomic E-state index is 12.5. The lowest BCUT2D eigenvalue weighted by Crippen LogP contribution is -2.45. The Morgan fingerprint density at radius 1 is 1.40 bits per heavy atom. The Morgan fingerprint density at radius 2 is 2.00 bits per heavy atom. The van der Waals surface area contributed by atoms with Gasteiger partial charge in [0.15, 0.2) is 0 Å². The third kappa shape index (κ3) is 5.66. The summed E-state index contributed by atoms with van der Waals surface area (Å²) in [5.74, 6) is -1.58. The molecule has 0 bridgehead atoms. The van der Waals surface area contributed by atoms with Gasteiger partial charge in [-0.3, -0.25) is 4.79 Å². The van der Waals surface area contributed by atoms with E-state index in [4.69, 9.17) is 5.73 Å². The Morgan fingerprint density at radius 3 is 2.45 bits per heavy atom. The Balaban J connectivity index is 2.30. The number of halogens is 3. The number of piperidine rings is 1. The molecule has 1 aliphatic heterocycles. The van der Waals surface area contributed by atoms with Crippen molar-refractivity contribution in [3.05, 3.63) is 0 Å². The molecule has 7 heteroatoms. The van der Waals surface area contributed by atoms with Crippen LogP contribution in [0.2, 0.25) is 0 Å². The van der Waals surface area contributed by atoms with Gasteiger partial charge in [-0.15, -0.1) is 0 Å². The molecule has 0 saturated carbocycles. The Kier molecular flexibility index (Phi) is 6.75. The van der Waals surface area contributed by atoms with Crippen molar-refractivity contribution in [2.24, 2.45) is 11.7 Å². The first kappa shape index (κ1) is 17.2. The lowest BCUT2D eigenvalue weighted by Gasteiger charge is -2.33. The molecule has 3 N–H and O–H groups in total. The lowest BCUT2D eigenvalue weighted by molar-refractivity contribution is -0.185. The highest BCUT2D eigenvalue weighted by Gasteiger charge is 2.40. The van der Waals surface area contributed by atoms with Crippen LogP contribution in [0, 0.1) is 5.92 Å². The molecule has 20 heavy (non-hydrogen) atoms. The SMILES string of the molecule is CCCNC(CCN1CCC(C(F)(F)F)CC1)C(N)=O. The minimum atomic E-state index is -4.08. The zero-order chi connectivity index (χ0) is 15.2. The van der Waals surface area contributed by atoms with Crippen molar-refractivity contribution in [1.29, 1.82) is 0 Å². The third-order valence-electron chi connectivity index (χ3n) is 3.77. The molecule has 0 aromatic heterocycles. The largest absolute Gasteiger partial charge is 0.391 e. The van der Waals surface area contributed by atoms with E-state index in [-0.39, 0.29) is 12.8 Å². The van der Waals surface area contributed by atoms with Crippen LogP contribution in [0.1, 0.15) is 32.6 Å². The Labute approximate surface area is 117 Å². The molecular weight excluding hydrogens is 271 g/mol. The van der Waals surface area contributed by atoms with Gasteiger partial charge >= 0.3 is 6.18 Å². The number of likely N-dealkylation sites (tertiary alicyclic amines) is 1. The predicted octanol–water partition coefficient (Wildman–Crippen LogP) is 1.50. The van der Waals surface area contributed by atoms with Crippen LogP contribution < -0.4 is 11.1 Å². The lowest BCUT2D eigenvalue weighted by atomic mass is 9.96. The average Bonchev–Trinajstić information content (AvgIpc) is 2.38. The fraction of sp³-hybridized carbons (Fsp3) is 0.923. The van der Waals surface area contributed by atoms with E-state index >= 15 is 0 Å². The van der Waals surface area contributed by atoms with Crippen LogP contribution >= 0.6 is 0 Å². The average molecular weight is 295 g/mol. The number of amides is 1. The van der Waals surface area contributed by atoms with Crippen molar-refractivity contribution in [3.8, 4) is 0 Å². The maximum absolute atomic E-state index is 12.5. The summed E-state index contributed by atoms with van der Waals surface area (Å²) in [7, 11) is 0. The topological polar surface area (TPSA) is 58.4 Å². The van der Waals surface area contributed by atoms with Crippen molar-refractivity contribution < 1.29 is 18.0 Å². The van der Waals surface area contributed by atoms with E-state index in [1.807, 2.05) is 11.8 Å². The predicted molar refractivity (Wildman–Crippen MR) is 71.1 cm³/mol. The molecule has 1 rings (SSSR count). The first-order valence-corrected chi connectivity index (χ1v) is 7.16. The molecule has 0 aromatic carbocycles. The molecule has 0 spiro atoms. The number of carbonyl (C=O) groups excluding carboxylic acids is 1. The summed E-state index contributed by atoms with van der Waals surface area (Å²) in [5.41, 5.74) is 5.30. The highest BCUT2D eigenvalue weighted by atomic mass is 19.4. The molecule has 1 fully saturated rings. The van der Waals surface area contributed by atoms with E-state index in [0.29, 0.717) is 32.6 Å². The monoisotopic (exact) mass is 295 g/mol. The fourth-order valence-electron chi connectivity index (χ4n) is 2.46. The van der Waals surface area contributed by atoms with Gasteiger partial charge in [0.05, 0.1) is 12.0 Å². The first-order valence-electron chi connectivity index (χ1n) is 7.16. The van der Waals surface area contributed by atoms with Gasteiger partial charge in [-0.2, -0.15) is 13.2 Å². The number of rotatable bonds is 7. The molecule has 1 saturated heterocycles. The number of carbonyl (C=O) groups is 1. The second-order valence-corrected chi connectivity index (χ2v) is 5.36. The second-order valence-electron chi connectivity index (χ2n) is 5.36. The molecule has 1 atom stereocenters. The van der Waals surface area contributed by atoms with Gasteiger partial charge in [0.2, 0.25) is 5.91 Å². The molecule has 0 aromatic rings. The molecule has 0 radical (unpaired) electrons. The van der Waals surface area contributed by atoms with Gasteiger partial charge < -0.3 is 16.0 Å². The first-order chi connectivity index (χ1) is 9.34. The van der Waals surface area contributed by atoms with E-state index in [1.54, 1.807) is 0 Å². The summed E-state index contributed by atoms with van der Waals surface area (Å²) in [4.78, 5) is 13.2. The number of primary amides is 1. The van der Waals surface area contributed by atoms with E-state index in [2.05, 4.69) is 5.32 Å². The summed E-state index contributed by atoms with van der Waals surface area (Å²) < 4.78 is 37.6. The van der Waals surface area contributed by atoms with Crippen molar-refractivity contribution in [2.45, 2.75) is 44.8 Å². The Bertz CT molecular complexity index is 302. The molecular formula is C13H24F3N3O. The normalized spacial score (nSPS) is 20.0. The smallest absolute Gasteiger partial charge is 0.368 e. The molecule has 0 aliphatic carbocycles. The van der Waals surface area contributed by atoms with Crippen LogP contribution in [0.4, 0.5) is 13.2 Å². The molecule has 118 valence electrons. The highest BCUT2D eigenvalue weighted by Crippen LogP contribution is 2.34. The number of nitrogens with one attached hydrogen (secondary N) is 1. The van der Waals surface area contributed by atoms with Gasteiger partial charge in [-0.05, 0) is 45.3 Å². The quantitative estimate of drug-likeness (QED) is 0.748. The zero-order valence-corrected chi connectivity index (χ0v) is 11.9. The van der Waals surface area contributed by atoms with Crippen LogP contribution in [-0.4, -0.2) is 49.2 Å². The molecule has 4 nitrogen and oxygen atoms in total. The van der Waals surface area contributed by atoms with Crippen LogP contribution in [0.3, 0.4) is 0 Å². The van der Waals surface area contributed by atoms with Crippen molar-refractivity contribution in [1.82, 2.24) is 10.2 Å². The zero-order valence-electron chi connectivity index (χ0n) is 11.9. The summed E-state index contributed by atoms with van der Waals surface area (Å²) in [6.07, 6.45) is -2.34. The van der Waals surface area contributed by atoms with E-state index in [0.717, 1.165) is 6.42 Å². The summed E-state index contributed by atoms with van der Waals surface area (Å²) in [6, 6.07) is -0.393.